The highest BCUT2D eigenvalue weighted by Gasteiger charge is 2.37. The van der Waals surface area contributed by atoms with Gasteiger partial charge in [-0.05, 0) is 153 Å². The molecular formula is C82H50F6N8. The number of alkyl halides is 6. The van der Waals surface area contributed by atoms with E-state index in [2.05, 4.69) is 37.0 Å². The Balaban J connectivity index is 0.000000158. The molecule has 4 aromatic heterocycles. The number of hydrogen-bond donors (Lipinski definition) is 0. The van der Waals surface area contributed by atoms with Gasteiger partial charge in [0, 0.05) is 82.5 Å². The van der Waals surface area contributed by atoms with E-state index in [-0.39, 0.29) is 22.4 Å². The fraction of sp³-hybridized carbons (Fsp3) is 0.0732. The first-order valence-electron chi connectivity index (χ1n) is 30.7. The maximum Gasteiger partial charge on any atom is 0.417 e. The maximum absolute atomic E-state index is 15.1. The zero-order valence-electron chi connectivity index (χ0n) is 51.8. The van der Waals surface area contributed by atoms with Crippen LogP contribution in [-0.4, -0.2) is 18.3 Å². The number of para-hydroxylation sites is 4. The minimum Gasteiger partial charge on any atom is -0.310 e. The summed E-state index contributed by atoms with van der Waals surface area (Å²) in [5.74, 6) is 0. The Morgan fingerprint density at radius 3 is 0.979 bits per heavy atom. The van der Waals surface area contributed by atoms with Crippen LogP contribution < -0.4 is 0 Å². The number of halogens is 6. The molecule has 4 heterocycles. The van der Waals surface area contributed by atoms with Crippen molar-refractivity contribution in [2.24, 2.45) is 0 Å². The summed E-state index contributed by atoms with van der Waals surface area (Å²) in [5.41, 5.74) is 12.7. The number of fused-ring (bicyclic) bond motifs is 12. The third-order valence-electron chi connectivity index (χ3n) is 18.5. The van der Waals surface area contributed by atoms with Gasteiger partial charge in [-0.2, -0.15) is 36.9 Å². The van der Waals surface area contributed by atoms with Crippen LogP contribution in [0.3, 0.4) is 0 Å². The zero-order chi connectivity index (χ0) is 66.6. The maximum atomic E-state index is 15.1. The van der Waals surface area contributed by atoms with Crippen molar-refractivity contribution in [3.05, 3.63) is 298 Å². The average Bonchev–Trinajstić information content (AvgIpc) is 1.54. The Morgan fingerprint density at radius 2 is 0.667 bits per heavy atom. The molecule has 0 amide bonds. The van der Waals surface area contributed by atoms with E-state index in [1.54, 1.807) is 24.3 Å². The summed E-state index contributed by atoms with van der Waals surface area (Å²) in [5, 5.41) is 28.0. The van der Waals surface area contributed by atoms with Gasteiger partial charge in [0.05, 0.1) is 91.7 Å². The Labute approximate surface area is 546 Å². The van der Waals surface area contributed by atoms with Gasteiger partial charge in [0.15, 0.2) is 11.4 Å². The predicted octanol–water partition coefficient (Wildman–Crippen LogP) is 23.2. The van der Waals surface area contributed by atoms with Crippen LogP contribution in [0.5, 0.6) is 0 Å². The lowest BCUT2D eigenvalue weighted by Crippen LogP contribution is -2.11. The molecule has 0 unspecified atom stereocenters. The van der Waals surface area contributed by atoms with Crippen LogP contribution in [0.25, 0.3) is 142 Å². The van der Waals surface area contributed by atoms with E-state index in [4.69, 9.17) is 13.1 Å². The number of nitriles is 2. The third-order valence-corrected chi connectivity index (χ3v) is 18.5. The second-order valence-corrected chi connectivity index (χ2v) is 24.0. The van der Waals surface area contributed by atoms with Crippen molar-refractivity contribution in [2.45, 2.75) is 40.0 Å². The van der Waals surface area contributed by atoms with E-state index in [0.717, 1.165) is 128 Å². The lowest BCUT2D eigenvalue weighted by molar-refractivity contribution is -0.138. The Hall–Kier alpha value is -12.6. The quantitative estimate of drug-likeness (QED) is 0.123. The topological polar surface area (TPSA) is 76.0 Å². The number of benzene rings is 12. The van der Waals surface area contributed by atoms with Gasteiger partial charge in [0.25, 0.3) is 0 Å². The Kier molecular flexibility index (Phi) is 14.0. The molecule has 0 atom stereocenters. The summed E-state index contributed by atoms with van der Waals surface area (Å²) in [7, 11) is 0. The first-order valence-corrected chi connectivity index (χ1v) is 30.7. The first-order chi connectivity index (χ1) is 46.4. The van der Waals surface area contributed by atoms with Gasteiger partial charge in [-0.15, -0.1) is 0 Å². The number of hydrogen-bond acceptors (Lipinski definition) is 2. The molecule has 0 N–H and O–H groups in total. The molecule has 0 aliphatic heterocycles. The second kappa shape index (κ2) is 22.6. The molecule has 0 bridgehead atoms. The summed E-state index contributed by atoms with van der Waals surface area (Å²) in [6, 6.07) is 73.4. The average molecular weight is 1260 g/mol. The summed E-state index contributed by atoms with van der Waals surface area (Å²) < 4.78 is 95.3. The van der Waals surface area contributed by atoms with Crippen LogP contribution in [0.15, 0.2) is 231 Å². The van der Waals surface area contributed by atoms with E-state index in [1.165, 1.54) is 18.2 Å². The van der Waals surface area contributed by atoms with E-state index in [0.29, 0.717) is 45.1 Å². The fourth-order valence-corrected chi connectivity index (χ4v) is 14.5. The molecule has 0 fully saturated rings. The van der Waals surface area contributed by atoms with Gasteiger partial charge >= 0.3 is 12.4 Å². The van der Waals surface area contributed by atoms with Crippen molar-refractivity contribution in [3.8, 4) is 57.1 Å². The summed E-state index contributed by atoms with van der Waals surface area (Å²) >= 11 is 0. The molecule has 0 aliphatic rings. The number of aromatic nitrogens is 4. The summed E-state index contributed by atoms with van der Waals surface area (Å²) in [6.07, 6.45) is -9.40. The molecule has 0 saturated carbocycles. The fourth-order valence-electron chi connectivity index (χ4n) is 14.5. The van der Waals surface area contributed by atoms with Gasteiger partial charge < -0.3 is 18.3 Å². The van der Waals surface area contributed by atoms with Crippen molar-refractivity contribution in [1.29, 1.82) is 10.5 Å². The zero-order valence-corrected chi connectivity index (χ0v) is 51.8. The largest absolute Gasteiger partial charge is 0.417 e. The van der Waals surface area contributed by atoms with Crippen LogP contribution in [0.2, 0.25) is 0 Å². The molecule has 0 spiro atoms. The highest BCUT2D eigenvalue weighted by Crippen LogP contribution is 2.50. The van der Waals surface area contributed by atoms with Crippen LogP contribution in [-0.2, 0) is 12.4 Å². The molecule has 12 aromatic carbocycles. The van der Waals surface area contributed by atoms with Crippen molar-refractivity contribution in [1.82, 2.24) is 18.3 Å². The third kappa shape index (κ3) is 9.33. The highest BCUT2D eigenvalue weighted by atomic mass is 19.4. The molecule has 16 rings (SSSR count). The van der Waals surface area contributed by atoms with Crippen molar-refractivity contribution < 1.29 is 26.3 Å². The van der Waals surface area contributed by atoms with E-state index >= 15 is 13.2 Å². The lowest BCUT2D eigenvalue weighted by atomic mass is 9.93. The minimum absolute atomic E-state index is 0.0831. The molecule has 16 aromatic rings. The summed E-state index contributed by atoms with van der Waals surface area (Å²) in [4.78, 5) is 7.76. The van der Waals surface area contributed by atoms with E-state index in [9.17, 15) is 23.7 Å². The monoisotopic (exact) mass is 1260 g/mol. The Bertz CT molecular complexity index is 5900. The Morgan fingerprint density at radius 1 is 0.344 bits per heavy atom. The smallest absolute Gasteiger partial charge is 0.310 e. The normalized spacial score (nSPS) is 11.8. The van der Waals surface area contributed by atoms with E-state index < -0.39 is 23.5 Å². The molecule has 0 radical (unpaired) electrons. The van der Waals surface area contributed by atoms with Crippen LogP contribution in [0.4, 0.5) is 37.7 Å². The second-order valence-electron chi connectivity index (χ2n) is 24.0. The molecular weight excluding hydrogens is 1210 g/mol. The lowest BCUT2D eigenvalue weighted by Gasteiger charge is -2.23. The van der Waals surface area contributed by atoms with Gasteiger partial charge in [-0.3, -0.25) is 0 Å². The van der Waals surface area contributed by atoms with Crippen LogP contribution in [0, 0.1) is 63.5 Å². The molecule has 8 nitrogen and oxygen atoms in total. The van der Waals surface area contributed by atoms with Crippen molar-refractivity contribution >= 4 is 98.6 Å². The van der Waals surface area contributed by atoms with Gasteiger partial charge in [-0.25, -0.2) is 9.69 Å². The SMILES string of the molecule is [C-]#[N+]c1cc(-n2c3ccccc3c3c(C)cccc32)c(-c2ccc(C#N)cc2C(F)(F)F)c(-n2c3ccccc3c3c(C)cccc32)c1.[C-]#[N+]c1cc(-n2c3ccccc3c3c(C)cccc32)c(-c2ccc(C(F)(F)F)cc2C#N)c(-n2c3ccccc3c3c(C)cccc32)c1. The van der Waals surface area contributed by atoms with Crippen LogP contribution >= 0.6 is 0 Å². The predicted molar refractivity (Wildman–Crippen MR) is 372 cm³/mol. The summed E-state index contributed by atoms with van der Waals surface area (Å²) in [6.45, 7) is 24.5. The first kappa shape index (κ1) is 59.7. The molecule has 96 heavy (non-hydrogen) atoms. The molecule has 0 aliphatic carbocycles. The van der Waals surface area contributed by atoms with Crippen LogP contribution in [0.1, 0.15) is 44.5 Å². The molecule has 460 valence electrons. The van der Waals surface area contributed by atoms with Gasteiger partial charge in [0.2, 0.25) is 0 Å². The standard InChI is InChI=1S/2C41H25F3N4/c1-24-10-8-16-34-38(24)30-12-4-6-14-32(30)47(34)36-21-28(46-3)22-37(40(36)29-19-18-27(41(42,43)44)20-26(29)23-45)48-33-15-7-5-13-31(33)39-25(2)11-9-17-35(39)48;1-24-10-8-16-34-38(24)29-12-4-6-14-32(29)47(34)36-21-27(46-3)22-37(40(36)28-19-18-26(23-45)20-31(28)41(42,43)44)48-33-15-7-5-13-30(33)39-25(2)11-9-17-35(39)48/h2*4-22H,1-2H3. The van der Waals surface area contributed by atoms with Gasteiger partial charge in [0.1, 0.15) is 0 Å². The van der Waals surface area contributed by atoms with Gasteiger partial charge in [-0.1, -0.05) is 133 Å². The number of rotatable bonds is 6. The molecule has 14 heteroatoms. The van der Waals surface area contributed by atoms with Crippen molar-refractivity contribution in [3.63, 3.8) is 0 Å². The minimum atomic E-state index is -4.77. The van der Waals surface area contributed by atoms with Crippen molar-refractivity contribution in [2.75, 3.05) is 0 Å². The number of nitrogens with zero attached hydrogens (tertiary/aromatic N) is 8. The van der Waals surface area contributed by atoms with E-state index in [1.807, 2.05) is 201 Å². The number of aryl methyl sites for hydroxylation is 4. The highest BCUT2D eigenvalue weighted by molar-refractivity contribution is 6.16. The molecule has 0 saturated heterocycles.